The van der Waals surface area contributed by atoms with Crippen molar-refractivity contribution >= 4 is 11.7 Å². The van der Waals surface area contributed by atoms with Gasteiger partial charge in [0, 0.05) is 37.8 Å². The zero-order valence-electron chi connectivity index (χ0n) is 16.5. The number of anilines is 1. The van der Waals surface area contributed by atoms with Crippen LogP contribution in [0.2, 0.25) is 0 Å². The number of amides is 1. The molecule has 148 valence electrons. The van der Waals surface area contributed by atoms with E-state index in [4.69, 9.17) is 4.74 Å². The lowest BCUT2D eigenvalue weighted by atomic mass is 10.1. The van der Waals surface area contributed by atoms with Crippen LogP contribution in [0.4, 0.5) is 5.82 Å². The summed E-state index contributed by atoms with van der Waals surface area (Å²) in [6.07, 6.45) is 1.60. The van der Waals surface area contributed by atoms with Crippen molar-refractivity contribution in [2.24, 2.45) is 0 Å². The van der Waals surface area contributed by atoms with Crippen LogP contribution in [-0.4, -0.2) is 53.6 Å². The summed E-state index contributed by atoms with van der Waals surface area (Å²) in [5, 5.41) is 0. The Hall–Kier alpha value is -3.41. The van der Waals surface area contributed by atoms with E-state index in [1.165, 1.54) is 0 Å². The summed E-state index contributed by atoms with van der Waals surface area (Å²) in [5.74, 6) is 1.66. The third-order valence-corrected chi connectivity index (χ3v) is 5.12. The monoisotopic (exact) mass is 388 g/mol. The van der Waals surface area contributed by atoms with Gasteiger partial charge in [-0.05, 0) is 18.6 Å². The second-order valence-corrected chi connectivity index (χ2v) is 7.05. The molecule has 29 heavy (non-hydrogen) atoms. The second kappa shape index (κ2) is 8.73. The molecule has 0 radical (unpaired) electrons. The largest absolute Gasteiger partial charge is 0.484 e. The van der Waals surface area contributed by atoms with Gasteiger partial charge in [0.25, 0.3) is 5.91 Å². The van der Waals surface area contributed by atoms with Gasteiger partial charge in [0.1, 0.15) is 17.9 Å². The zero-order chi connectivity index (χ0) is 20.1. The van der Waals surface area contributed by atoms with E-state index in [2.05, 4.69) is 14.9 Å². The van der Waals surface area contributed by atoms with Gasteiger partial charge in [0.05, 0.1) is 5.69 Å². The van der Waals surface area contributed by atoms with Crippen molar-refractivity contribution in [3.63, 3.8) is 0 Å². The van der Waals surface area contributed by atoms with Gasteiger partial charge in [-0.3, -0.25) is 4.79 Å². The molecule has 2 heterocycles. The minimum absolute atomic E-state index is 0.0144. The highest BCUT2D eigenvalue weighted by molar-refractivity contribution is 5.78. The number of rotatable bonds is 5. The molecule has 3 aromatic rings. The van der Waals surface area contributed by atoms with Gasteiger partial charge in [0.2, 0.25) is 0 Å². The van der Waals surface area contributed by atoms with E-state index in [0.29, 0.717) is 13.1 Å². The van der Waals surface area contributed by atoms with Gasteiger partial charge in [0.15, 0.2) is 6.61 Å². The van der Waals surface area contributed by atoms with Gasteiger partial charge in [-0.15, -0.1) is 0 Å². The van der Waals surface area contributed by atoms with E-state index in [9.17, 15) is 4.79 Å². The molecule has 0 saturated carbocycles. The number of aryl methyl sites for hydroxylation is 1. The molecule has 1 amide bonds. The molecule has 1 fully saturated rings. The van der Waals surface area contributed by atoms with Crippen molar-refractivity contribution < 1.29 is 9.53 Å². The predicted molar refractivity (Wildman–Crippen MR) is 113 cm³/mol. The third kappa shape index (κ3) is 4.54. The summed E-state index contributed by atoms with van der Waals surface area (Å²) in [4.78, 5) is 25.4. The van der Waals surface area contributed by atoms with Crippen LogP contribution >= 0.6 is 0 Å². The van der Waals surface area contributed by atoms with Crippen LogP contribution in [0.15, 0.2) is 67.0 Å². The smallest absolute Gasteiger partial charge is 0.260 e. The van der Waals surface area contributed by atoms with Crippen molar-refractivity contribution in [3.8, 4) is 17.0 Å². The summed E-state index contributed by atoms with van der Waals surface area (Å²) in [7, 11) is 0. The van der Waals surface area contributed by atoms with Crippen molar-refractivity contribution in [2.75, 3.05) is 37.7 Å². The minimum Gasteiger partial charge on any atom is -0.484 e. The van der Waals surface area contributed by atoms with Crippen LogP contribution < -0.4 is 9.64 Å². The van der Waals surface area contributed by atoms with E-state index >= 15 is 0 Å². The number of para-hydroxylation sites is 1. The summed E-state index contributed by atoms with van der Waals surface area (Å²) in [6, 6.07) is 19.8. The van der Waals surface area contributed by atoms with Gasteiger partial charge in [-0.25, -0.2) is 9.97 Å². The summed E-state index contributed by atoms with van der Waals surface area (Å²) in [5.41, 5.74) is 3.00. The highest BCUT2D eigenvalue weighted by Gasteiger charge is 2.22. The number of piperazine rings is 1. The minimum atomic E-state index is 0.0144. The maximum atomic E-state index is 12.5. The predicted octanol–water partition coefficient (Wildman–Crippen LogP) is 3.18. The van der Waals surface area contributed by atoms with E-state index < -0.39 is 0 Å². The van der Waals surface area contributed by atoms with Crippen molar-refractivity contribution in [3.05, 3.63) is 72.6 Å². The number of aromatic nitrogens is 2. The van der Waals surface area contributed by atoms with Crippen LogP contribution in [0.5, 0.6) is 5.75 Å². The van der Waals surface area contributed by atoms with Crippen molar-refractivity contribution in [1.29, 1.82) is 0 Å². The number of benzene rings is 2. The fourth-order valence-corrected chi connectivity index (χ4v) is 3.42. The van der Waals surface area contributed by atoms with Gasteiger partial charge < -0.3 is 14.5 Å². The lowest BCUT2D eigenvalue weighted by molar-refractivity contribution is -0.133. The van der Waals surface area contributed by atoms with Crippen molar-refractivity contribution in [2.45, 2.75) is 6.92 Å². The molecule has 6 nitrogen and oxygen atoms in total. The highest BCUT2D eigenvalue weighted by Crippen LogP contribution is 2.21. The fraction of sp³-hybridized carbons (Fsp3) is 0.261. The maximum absolute atomic E-state index is 12.5. The molecule has 1 aliphatic rings. The summed E-state index contributed by atoms with van der Waals surface area (Å²) < 4.78 is 5.70. The molecular weight excluding hydrogens is 364 g/mol. The average Bonchev–Trinajstić information content (AvgIpc) is 2.79. The van der Waals surface area contributed by atoms with Gasteiger partial charge >= 0.3 is 0 Å². The Balaban J connectivity index is 1.34. The first kappa shape index (κ1) is 18.9. The van der Waals surface area contributed by atoms with Gasteiger partial charge in [-0.2, -0.15) is 0 Å². The van der Waals surface area contributed by atoms with E-state index in [1.54, 1.807) is 6.33 Å². The molecule has 1 saturated heterocycles. The fourth-order valence-electron chi connectivity index (χ4n) is 3.42. The normalized spacial score (nSPS) is 14.0. The summed E-state index contributed by atoms with van der Waals surface area (Å²) in [6.45, 7) is 4.82. The lowest BCUT2D eigenvalue weighted by Gasteiger charge is -2.35. The number of hydrogen-bond acceptors (Lipinski definition) is 5. The van der Waals surface area contributed by atoms with Crippen LogP contribution in [0, 0.1) is 6.92 Å². The molecule has 0 aliphatic carbocycles. The van der Waals surface area contributed by atoms with E-state index in [-0.39, 0.29) is 12.5 Å². The standard InChI is InChI=1S/C23H24N4O2/c1-18-7-5-6-10-21(18)29-16-23(28)27-13-11-26(12-14-27)22-15-20(24-17-25-22)19-8-3-2-4-9-19/h2-10,15,17H,11-14,16H2,1H3. The van der Waals surface area contributed by atoms with E-state index in [0.717, 1.165) is 41.5 Å². The first-order valence-corrected chi connectivity index (χ1v) is 9.79. The molecule has 1 aliphatic heterocycles. The van der Waals surface area contributed by atoms with Crippen molar-refractivity contribution in [1.82, 2.24) is 14.9 Å². The summed E-state index contributed by atoms with van der Waals surface area (Å²) >= 11 is 0. The molecule has 0 atom stereocenters. The SMILES string of the molecule is Cc1ccccc1OCC(=O)N1CCN(c2cc(-c3ccccc3)ncn2)CC1. The van der Waals surface area contributed by atoms with Crippen LogP contribution in [-0.2, 0) is 4.79 Å². The Labute approximate surface area is 170 Å². The Morgan fingerprint density at radius 3 is 2.45 bits per heavy atom. The zero-order valence-corrected chi connectivity index (χ0v) is 16.5. The molecule has 0 bridgehead atoms. The van der Waals surface area contributed by atoms with Crippen LogP contribution in [0.3, 0.4) is 0 Å². The molecule has 1 aromatic heterocycles. The molecule has 6 heteroatoms. The maximum Gasteiger partial charge on any atom is 0.260 e. The van der Waals surface area contributed by atoms with Gasteiger partial charge in [-0.1, -0.05) is 48.5 Å². The Kier molecular flexibility index (Phi) is 5.70. The quantitative estimate of drug-likeness (QED) is 0.672. The van der Waals surface area contributed by atoms with Crippen LogP contribution in [0.25, 0.3) is 11.3 Å². The first-order chi connectivity index (χ1) is 14.2. The van der Waals surface area contributed by atoms with E-state index in [1.807, 2.05) is 72.5 Å². The molecule has 2 aromatic carbocycles. The number of carbonyl (C=O) groups excluding carboxylic acids is 1. The molecule has 4 rings (SSSR count). The van der Waals surface area contributed by atoms with Crippen LogP contribution in [0.1, 0.15) is 5.56 Å². The second-order valence-electron chi connectivity index (χ2n) is 7.05. The molecule has 0 N–H and O–H groups in total. The lowest BCUT2D eigenvalue weighted by Crippen LogP contribution is -2.50. The number of nitrogens with zero attached hydrogens (tertiary/aromatic N) is 4. The highest BCUT2D eigenvalue weighted by atomic mass is 16.5. The first-order valence-electron chi connectivity index (χ1n) is 9.79. The number of ether oxygens (including phenoxy) is 1. The molecular formula is C23H24N4O2. The Bertz CT molecular complexity index is 969. The Morgan fingerprint density at radius 2 is 1.69 bits per heavy atom. The topological polar surface area (TPSA) is 58.6 Å². The molecule has 0 unspecified atom stereocenters. The Morgan fingerprint density at radius 1 is 0.966 bits per heavy atom. The number of hydrogen-bond donors (Lipinski definition) is 0. The third-order valence-electron chi connectivity index (χ3n) is 5.12. The number of carbonyl (C=O) groups is 1. The average molecular weight is 388 g/mol. The molecule has 0 spiro atoms.